The van der Waals surface area contributed by atoms with Gasteiger partial charge < -0.3 is 24.1 Å². The quantitative estimate of drug-likeness (QED) is 0.314. The maximum Gasteiger partial charge on any atom is 0.458 e. The van der Waals surface area contributed by atoms with Gasteiger partial charge in [-0.05, 0) is 66.4 Å². The van der Waals surface area contributed by atoms with Gasteiger partial charge in [-0.1, -0.05) is 0 Å². The zero-order valence-electron chi connectivity index (χ0n) is 24.0. The van der Waals surface area contributed by atoms with Crippen molar-refractivity contribution in [1.29, 1.82) is 0 Å². The molecule has 8 nitrogen and oxygen atoms in total. The van der Waals surface area contributed by atoms with Crippen LogP contribution in [0.25, 0.3) is 11.0 Å². The van der Waals surface area contributed by atoms with Crippen molar-refractivity contribution in [1.82, 2.24) is 14.5 Å². The van der Waals surface area contributed by atoms with Gasteiger partial charge in [-0.25, -0.2) is 18.6 Å². The number of nitrogens with zero attached hydrogens (tertiary/aromatic N) is 3. The van der Waals surface area contributed by atoms with Crippen LogP contribution in [0.15, 0.2) is 18.5 Å². The van der Waals surface area contributed by atoms with Crippen LogP contribution in [0.2, 0.25) is 5.31 Å². The minimum Gasteiger partial charge on any atom is -0.491 e. The zero-order valence-corrected chi connectivity index (χ0v) is 24.0. The molecule has 2 N–H and O–H groups in total. The summed E-state index contributed by atoms with van der Waals surface area (Å²) in [5.41, 5.74) is -1.82. The average molecular weight is 589 g/mol. The summed E-state index contributed by atoms with van der Waals surface area (Å²) < 4.78 is 82.9. The van der Waals surface area contributed by atoms with E-state index in [0.717, 1.165) is 6.07 Å². The Morgan fingerprint density at radius 3 is 2.29 bits per heavy atom. The Morgan fingerprint density at radius 1 is 1.15 bits per heavy atom. The molecule has 1 saturated carbocycles. The molecule has 0 bridgehead atoms. The third kappa shape index (κ3) is 6.28. The second-order valence-corrected chi connectivity index (χ2v) is 12.8. The number of imidazole rings is 1. The number of carbonyl (C=O) groups is 1. The van der Waals surface area contributed by atoms with Crippen LogP contribution in [-0.4, -0.2) is 67.9 Å². The van der Waals surface area contributed by atoms with Gasteiger partial charge >= 0.3 is 19.4 Å². The molecule has 228 valence electrons. The van der Waals surface area contributed by atoms with Crippen LogP contribution in [0.1, 0.15) is 78.8 Å². The number of aromatic nitrogens is 2. The molecular weight excluding hydrogens is 552 g/mol. The molecule has 0 radical (unpaired) electrons. The Bertz CT molecular complexity index is 1270. The van der Waals surface area contributed by atoms with Crippen molar-refractivity contribution in [2.45, 2.75) is 108 Å². The fraction of sp³-hybridized carbons (Fsp3) is 0.704. The van der Waals surface area contributed by atoms with Crippen molar-refractivity contribution in [3.63, 3.8) is 0 Å². The zero-order chi connectivity index (χ0) is 30.7. The van der Waals surface area contributed by atoms with Gasteiger partial charge in [-0.3, -0.25) is 4.90 Å². The van der Waals surface area contributed by atoms with E-state index in [9.17, 15) is 36.8 Å². The number of alkyl halides is 5. The predicted octanol–water partition coefficient (Wildman–Crippen LogP) is 6.06. The number of carbonyl (C=O) groups excluding carboxylic acids is 1. The van der Waals surface area contributed by atoms with Crippen molar-refractivity contribution in [2.24, 2.45) is 5.92 Å². The molecule has 1 aliphatic heterocycles. The summed E-state index contributed by atoms with van der Waals surface area (Å²) >= 11 is 0. The van der Waals surface area contributed by atoms with Gasteiger partial charge in [-0.15, -0.1) is 0 Å². The lowest BCUT2D eigenvalue weighted by Crippen LogP contribution is -2.61. The molecule has 1 unspecified atom stereocenters. The van der Waals surface area contributed by atoms with Gasteiger partial charge in [-0.2, -0.15) is 13.2 Å². The molecule has 0 spiro atoms. The molecule has 2 aliphatic rings. The summed E-state index contributed by atoms with van der Waals surface area (Å²) in [4.78, 5) is 18.7. The highest BCUT2D eigenvalue weighted by Gasteiger charge is 2.62. The van der Waals surface area contributed by atoms with Crippen LogP contribution in [0.3, 0.4) is 0 Å². The number of hydrogen-bond acceptors (Lipinski definition) is 6. The summed E-state index contributed by atoms with van der Waals surface area (Å²) in [5.74, 6) is -3.80. The first kappa shape index (κ1) is 31.3. The lowest BCUT2D eigenvalue weighted by atomic mass is 9.42. The third-order valence-corrected chi connectivity index (χ3v) is 8.13. The number of rotatable bonds is 6. The molecule has 4 rings (SSSR count). The van der Waals surface area contributed by atoms with E-state index < -0.39 is 72.6 Å². The highest BCUT2D eigenvalue weighted by atomic mass is 19.4. The Labute approximate surface area is 235 Å². The Kier molecular flexibility index (Phi) is 8.09. The molecule has 1 saturated heterocycles. The van der Waals surface area contributed by atoms with E-state index in [-0.39, 0.29) is 42.3 Å². The first-order valence-electron chi connectivity index (χ1n) is 13.7. The lowest BCUT2D eigenvalue weighted by Gasteiger charge is -2.56. The largest absolute Gasteiger partial charge is 0.491 e. The summed E-state index contributed by atoms with van der Waals surface area (Å²) in [5, 5.41) is 19.5. The third-order valence-electron chi connectivity index (χ3n) is 8.13. The molecular formula is C27H37BF5N3O5. The topological polar surface area (TPSA) is 97.0 Å². The molecule has 14 heteroatoms. The molecule has 1 amide bonds. The maximum atomic E-state index is 14.1. The number of halogens is 5. The Morgan fingerprint density at radius 2 is 1.78 bits per heavy atom. The second kappa shape index (κ2) is 10.6. The average Bonchev–Trinajstić information content (AvgIpc) is 3.22. The Hall–Kier alpha value is -2.61. The molecule has 1 aromatic heterocycles. The van der Waals surface area contributed by atoms with Gasteiger partial charge in [0.25, 0.3) is 0 Å². The number of likely N-dealkylation sites (tertiary alicyclic amines) is 1. The molecule has 41 heavy (non-hydrogen) atoms. The lowest BCUT2D eigenvalue weighted by molar-refractivity contribution is -0.138. The molecule has 2 heterocycles. The highest BCUT2D eigenvalue weighted by molar-refractivity contribution is 6.45. The maximum absolute atomic E-state index is 14.1. The van der Waals surface area contributed by atoms with Gasteiger partial charge in [0.2, 0.25) is 5.92 Å². The van der Waals surface area contributed by atoms with Gasteiger partial charge in [0.05, 0.1) is 29.0 Å². The van der Waals surface area contributed by atoms with E-state index in [1.807, 2.05) is 0 Å². The van der Waals surface area contributed by atoms with E-state index in [1.54, 1.807) is 41.5 Å². The van der Waals surface area contributed by atoms with Crippen molar-refractivity contribution in [2.75, 3.05) is 6.61 Å². The summed E-state index contributed by atoms with van der Waals surface area (Å²) in [7, 11) is -1.96. The van der Waals surface area contributed by atoms with E-state index in [4.69, 9.17) is 9.47 Å². The number of benzene rings is 1. The minimum atomic E-state index is -4.71. The number of ether oxygens (including phenoxy) is 2. The Balaban J connectivity index is 1.69. The number of hydrogen-bond donors (Lipinski definition) is 2. The normalized spacial score (nSPS) is 25.4. The van der Waals surface area contributed by atoms with Crippen molar-refractivity contribution in [3.05, 3.63) is 24.0 Å². The molecule has 2 fully saturated rings. The number of piperidine rings is 1. The standard InChI is InChI=1S/C27H37BF5N3O5/c1-15(2)35-14-34-21-8-19(7-20(22(21)35)27(31,32)33)40-13-18-12-25(28(38)39,17-10-26(29,30)11-17)9-16(3)36(18)23(37)41-24(4,5)6/h7-8,14-18,38-39H,9-13H2,1-6H3/t16-,18-,25?/m0/s1. The molecule has 1 aliphatic carbocycles. The van der Waals surface area contributed by atoms with Gasteiger partial charge in [0.1, 0.15) is 18.0 Å². The first-order valence-corrected chi connectivity index (χ1v) is 13.7. The highest BCUT2D eigenvalue weighted by Crippen LogP contribution is 2.61. The smallest absolute Gasteiger partial charge is 0.458 e. The van der Waals surface area contributed by atoms with Crippen molar-refractivity contribution < 1.29 is 46.3 Å². The molecule has 2 aromatic rings. The van der Waals surface area contributed by atoms with Crippen LogP contribution in [0.5, 0.6) is 5.75 Å². The minimum absolute atomic E-state index is 0.0258. The monoisotopic (exact) mass is 589 g/mol. The van der Waals surface area contributed by atoms with Crippen molar-refractivity contribution in [3.8, 4) is 5.75 Å². The molecule has 3 atom stereocenters. The van der Waals surface area contributed by atoms with E-state index >= 15 is 0 Å². The summed E-state index contributed by atoms with van der Waals surface area (Å²) in [6, 6.07) is 0.374. The predicted molar refractivity (Wildman–Crippen MR) is 142 cm³/mol. The van der Waals surface area contributed by atoms with Crippen LogP contribution < -0.4 is 4.74 Å². The SMILES string of the molecule is CC(C)n1cnc2cc(OC[C@@H]3CC(B(O)O)(C4CC(F)(F)C4)C[C@H](C)N3C(=O)OC(C)(C)C)cc(C(F)(F)F)c21. The van der Waals surface area contributed by atoms with E-state index in [1.165, 1.54) is 21.9 Å². The summed E-state index contributed by atoms with van der Waals surface area (Å²) in [6.45, 7) is 9.81. The fourth-order valence-electron chi connectivity index (χ4n) is 6.26. The fourth-order valence-corrected chi connectivity index (χ4v) is 6.26. The number of fused-ring (bicyclic) bond motifs is 1. The van der Waals surface area contributed by atoms with Gasteiger partial charge in [0, 0.05) is 36.3 Å². The van der Waals surface area contributed by atoms with Crippen LogP contribution in [-0.2, 0) is 10.9 Å². The van der Waals surface area contributed by atoms with Crippen LogP contribution >= 0.6 is 0 Å². The van der Waals surface area contributed by atoms with E-state index in [0.29, 0.717) is 0 Å². The molecule has 1 aromatic carbocycles. The second-order valence-electron chi connectivity index (χ2n) is 12.8. The number of amides is 1. The van der Waals surface area contributed by atoms with E-state index in [2.05, 4.69) is 4.98 Å². The van der Waals surface area contributed by atoms with Crippen LogP contribution in [0, 0.1) is 5.92 Å². The first-order chi connectivity index (χ1) is 18.7. The van der Waals surface area contributed by atoms with Crippen molar-refractivity contribution >= 4 is 24.2 Å². The van der Waals surface area contributed by atoms with Gasteiger partial charge in [0.15, 0.2) is 0 Å². The van der Waals surface area contributed by atoms with Crippen LogP contribution in [0.4, 0.5) is 26.7 Å². The summed E-state index contributed by atoms with van der Waals surface area (Å²) in [6.07, 6.45) is -5.25.